The number of nitrogens with one attached hydrogen (secondary N) is 1. The molecule has 1 atom stereocenters. The monoisotopic (exact) mass is 563 g/mol. The Hall–Kier alpha value is -1.32. The number of amides is 2. The molecule has 0 spiro atoms. The van der Waals surface area contributed by atoms with E-state index in [4.69, 9.17) is 5.73 Å². The van der Waals surface area contributed by atoms with Crippen LogP contribution in [0.4, 0.5) is 0 Å². The van der Waals surface area contributed by atoms with Gasteiger partial charge in [0.1, 0.15) is 0 Å². The van der Waals surface area contributed by atoms with Gasteiger partial charge >= 0.3 is 0 Å². The molecule has 0 aromatic rings. The summed E-state index contributed by atoms with van der Waals surface area (Å²) in [6.45, 7) is 5.10. The first-order valence-electron chi connectivity index (χ1n) is 17.8. The lowest BCUT2D eigenvalue weighted by atomic mass is 9.96. The summed E-state index contributed by atoms with van der Waals surface area (Å²) in [4.78, 5) is 24.0. The van der Waals surface area contributed by atoms with Gasteiger partial charge in [-0.2, -0.15) is 0 Å². The van der Waals surface area contributed by atoms with Crippen molar-refractivity contribution in [2.75, 3.05) is 6.54 Å². The summed E-state index contributed by atoms with van der Waals surface area (Å²) in [7, 11) is 0. The molecule has 0 rings (SSSR count). The smallest absolute Gasteiger partial charge is 0.220 e. The van der Waals surface area contributed by atoms with E-state index in [1.807, 2.05) is 0 Å². The van der Waals surface area contributed by atoms with Crippen LogP contribution >= 0.6 is 0 Å². The van der Waals surface area contributed by atoms with Crippen molar-refractivity contribution in [3.8, 4) is 0 Å². The van der Waals surface area contributed by atoms with E-state index in [9.17, 15) is 9.59 Å². The molecule has 0 fully saturated rings. The SMILES string of the molecule is CCCCCCCC/C=C\CCCCCCC(CCNC(=O)CCCCCCCCCCCCCCC)C(N)=O. The van der Waals surface area contributed by atoms with E-state index in [1.165, 1.54) is 135 Å². The molecular weight excluding hydrogens is 492 g/mol. The Bertz CT molecular complexity index is 575. The van der Waals surface area contributed by atoms with Crippen LogP contribution in [-0.2, 0) is 9.59 Å². The lowest BCUT2D eigenvalue weighted by Gasteiger charge is -2.14. The van der Waals surface area contributed by atoms with Crippen molar-refractivity contribution < 1.29 is 9.59 Å². The zero-order valence-corrected chi connectivity index (χ0v) is 27.1. The average Bonchev–Trinajstić information content (AvgIpc) is 2.94. The van der Waals surface area contributed by atoms with E-state index >= 15 is 0 Å². The highest BCUT2D eigenvalue weighted by Gasteiger charge is 2.15. The summed E-state index contributed by atoms with van der Waals surface area (Å²) in [5.74, 6) is -0.215. The molecule has 4 nitrogen and oxygen atoms in total. The normalized spacial score (nSPS) is 12.2. The van der Waals surface area contributed by atoms with Crippen molar-refractivity contribution in [3.05, 3.63) is 12.2 Å². The number of primary amides is 1. The van der Waals surface area contributed by atoms with Crippen molar-refractivity contribution in [3.63, 3.8) is 0 Å². The highest BCUT2D eigenvalue weighted by molar-refractivity contribution is 5.77. The van der Waals surface area contributed by atoms with Crippen molar-refractivity contribution in [2.24, 2.45) is 11.7 Å². The van der Waals surface area contributed by atoms with Crippen LogP contribution in [0.3, 0.4) is 0 Å². The molecule has 1 unspecified atom stereocenters. The van der Waals surface area contributed by atoms with E-state index in [0.717, 1.165) is 32.1 Å². The van der Waals surface area contributed by atoms with Crippen LogP contribution in [0.25, 0.3) is 0 Å². The standard InChI is InChI=1S/C36H70N2O2/c1-3-5-7-9-11-13-15-17-19-20-22-24-26-28-30-34(36(37)40)32-33-38-35(39)31-29-27-25-23-21-18-16-14-12-10-8-6-4-2/h17,19,34H,3-16,18,20-33H2,1-2H3,(H2,37,40)(H,38,39)/b19-17-. The van der Waals surface area contributed by atoms with Crippen molar-refractivity contribution >= 4 is 11.8 Å². The Labute approximate surface area is 250 Å². The molecular formula is C36H70N2O2. The van der Waals surface area contributed by atoms with E-state index in [-0.39, 0.29) is 17.7 Å². The minimum atomic E-state index is -0.219. The summed E-state index contributed by atoms with van der Waals surface area (Å²) < 4.78 is 0. The summed E-state index contributed by atoms with van der Waals surface area (Å²) in [6.07, 6.45) is 39.1. The van der Waals surface area contributed by atoms with Crippen LogP contribution in [0, 0.1) is 5.92 Å². The molecule has 2 amide bonds. The first kappa shape index (κ1) is 38.7. The van der Waals surface area contributed by atoms with E-state index in [0.29, 0.717) is 19.4 Å². The van der Waals surface area contributed by atoms with Crippen LogP contribution in [0.5, 0.6) is 0 Å². The predicted octanol–water partition coefficient (Wildman–Crippen LogP) is 10.7. The van der Waals surface area contributed by atoms with Crippen LogP contribution < -0.4 is 11.1 Å². The number of unbranched alkanes of at least 4 members (excludes halogenated alkanes) is 22. The fraction of sp³-hybridized carbons (Fsp3) is 0.889. The molecule has 0 aliphatic carbocycles. The van der Waals surface area contributed by atoms with Crippen molar-refractivity contribution in [2.45, 2.75) is 194 Å². The van der Waals surface area contributed by atoms with Gasteiger partial charge in [-0.25, -0.2) is 0 Å². The average molecular weight is 563 g/mol. The third kappa shape index (κ3) is 29.7. The Morgan fingerprint density at radius 2 is 0.950 bits per heavy atom. The minimum Gasteiger partial charge on any atom is -0.369 e. The van der Waals surface area contributed by atoms with Gasteiger partial charge in [-0.3, -0.25) is 9.59 Å². The second kappa shape index (κ2) is 32.2. The molecule has 40 heavy (non-hydrogen) atoms. The molecule has 0 saturated heterocycles. The Morgan fingerprint density at radius 1 is 0.550 bits per heavy atom. The van der Waals surface area contributed by atoms with Crippen molar-refractivity contribution in [1.82, 2.24) is 5.32 Å². The van der Waals surface area contributed by atoms with Crippen LogP contribution in [0.1, 0.15) is 194 Å². The second-order valence-corrected chi connectivity index (χ2v) is 12.2. The molecule has 0 bridgehead atoms. The summed E-state index contributed by atoms with van der Waals surface area (Å²) >= 11 is 0. The predicted molar refractivity (Wildman–Crippen MR) is 175 cm³/mol. The Kier molecular flexibility index (Phi) is 31.1. The van der Waals surface area contributed by atoms with E-state index < -0.39 is 0 Å². The van der Waals surface area contributed by atoms with Gasteiger partial charge in [-0.1, -0.05) is 154 Å². The van der Waals surface area contributed by atoms with Gasteiger partial charge < -0.3 is 11.1 Å². The Morgan fingerprint density at radius 3 is 1.40 bits per heavy atom. The zero-order chi connectivity index (χ0) is 29.4. The minimum absolute atomic E-state index is 0.117. The molecule has 0 heterocycles. The molecule has 0 aromatic carbocycles. The van der Waals surface area contributed by atoms with Gasteiger partial charge in [-0.15, -0.1) is 0 Å². The van der Waals surface area contributed by atoms with Crippen LogP contribution in [0.2, 0.25) is 0 Å². The highest BCUT2D eigenvalue weighted by atomic mass is 16.2. The molecule has 0 saturated carbocycles. The van der Waals surface area contributed by atoms with Gasteiger partial charge in [0, 0.05) is 18.9 Å². The number of rotatable bonds is 32. The number of carbonyl (C=O) groups excluding carboxylic acids is 2. The maximum atomic E-state index is 12.2. The second-order valence-electron chi connectivity index (χ2n) is 12.2. The van der Waals surface area contributed by atoms with Gasteiger partial charge in [0.05, 0.1) is 0 Å². The van der Waals surface area contributed by atoms with Crippen LogP contribution in [0.15, 0.2) is 12.2 Å². The number of allylic oxidation sites excluding steroid dienone is 2. The van der Waals surface area contributed by atoms with Gasteiger partial charge in [-0.05, 0) is 44.9 Å². The molecule has 236 valence electrons. The number of carbonyl (C=O) groups is 2. The van der Waals surface area contributed by atoms with Gasteiger partial charge in [0.2, 0.25) is 11.8 Å². The third-order valence-corrected chi connectivity index (χ3v) is 8.29. The molecule has 0 aliphatic rings. The maximum absolute atomic E-state index is 12.2. The molecule has 4 heteroatoms. The summed E-state index contributed by atoms with van der Waals surface area (Å²) in [5.41, 5.74) is 5.64. The molecule has 3 N–H and O–H groups in total. The largest absolute Gasteiger partial charge is 0.369 e. The zero-order valence-electron chi connectivity index (χ0n) is 27.1. The van der Waals surface area contributed by atoms with E-state index in [1.54, 1.807) is 0 Å². The molecule has 0 aromatic heterocycles. The summed E-state index contributed by atoms with van der Waals surface area (Å²) in [6, 6.07) is 0. The first-order chi connectivity index (χ1) is 19.6. The summed E-state index contributed by atoms with van der Waals surface area (Å²) in [5, 5.41) is 3.01. The van der Waals surface area contributed by atoms with Crippen LogP contribution in [-0.4, -0.2) is 18.4 Å². The highest BCUT2D eigenvalue weighted by Crippen LogP contribution is 2.16. The number of hydrogen-bond donors (Lipinski definition) is 2. The number of hydrogen-bond acceptors (Lipinski definition) is 2. The number of nitrogens with two attached hydrogens (primary N) is 1. The fourth-order valence-electron chi connectivity index (χ4n) is 5.49. The lowest BCUT2D eigenvalue weighted by Crippen LogP contribution is -2.30. The third-order valence-electron chi connectivity index (χ3n) is 8.29. The maximum Gasteiger partial charge on any atom is 0.220 e. The fourth-order valence-corrected chi connectivity index (χ4v) is 5.49. The molecule has 0 radical (unpaired) electrons. The first-order valence-corrected chi connectivity index (χ1v) is 17.8. The van der Waals surface area contributed by atoms with Gasteiger partial charge in [0.25, 0.3) is 0 Å². The van der Waals surface area contributed by atoms with Gasteiger partial charge in [0.15, 0.2) is 0 Å². The Balaban J connectivity index is 3.56. The quantitative estimate of drug-likeness (QED) is 0.0632. The van der Waals surface area contributed by atoms with E-state index in [2.05, 4.69) is 31.3 Å². The van der Waals surface area contributed by atoms with Crippen molar-refractivity contribution in [1.29, 1.82) is 0 Å². The molecule has 0 aliphatic heterocycles. The lowest BCUT2D eigenvalue weighted by molar-refractivity contribution is -0.123. The topological polar surface area (TPSA) is 72.2 Å².